The Labute approximate surface area is 170 Å². The number of rotatable bonds is 6. The van der Waals surface area contributed by atoms with Gasteiger partial charge in [0.2, 0.25) is 0 Å². The van der Waals surface area contributed by atoms with Gasteiger partial charge in [-0.25, -0.2) is 9.78 Å². The van der Waals surface area contributed by atoms with Gasteiger partial charge in [-0.05, 0) is 37.5 Å². The standard InChI is InChI=1S/C20H27ClN4OS/c1-14(2)19-23-16(13-27-19)8-9-22-20(26)24-15-6-7-18(17(21)12-15)25-10-4-3-5-11-25/h6-7,12-14H,3-5,8-11H2,1-2H3,(H2,22,24,26). The van der Waals surface area contributed by atoms with Gasteiger partial charge < -0.3 is 15.5 Å². The number of urea groups is 1. The van der Waals surface area contributed by atoms with Crippen LogP contribution in [0, 0.1) is 0 Å². The lowest BCUT2D eigenvalue weighted by Gasteiger charge is -2.29. The number of carbonyl (C=O) groups is 1. The van der Waals surface area contributed by atoms with Crippen LogP contribution in [0.5, 0.6) is 0 Å². The molecule has 3 rings (SSSR count). The summed E-state index contributed by atoms with van der Waals surface area (Å²) in [4.78, 5) is 19.0. The Morgan fingerprint density at radius 3 is 2.74 bits per heavy atom. The van der Waals surface area contributed by atoms with Crippen LogP contribution in [0.3, 0.4) is 0 Å². The van der Waals surface area contributed by atoms with Crippen molar-refractivity contribution in [2.24, 2.45) is 0 Å². The van der Waals surface area contributed by atoms with Gasteiger partial charge in [-0.3, -0.25) is 0 Å². The number of nitrogens with zero attached hydrogens (tertiary/aromatic N) is 2. The van der Waals surface area contributed by atoms with Crippen molar-refractivity contribution < 1.29 is 4.79 Å². The summed E-state index contributed by atoms with van der Waals surface area (Å²) < 4.78 is 0. The molecule has 1 aromatic heterocycles. The molecule has 1 aliphatic heterocycles. The smallest absolute Gasteiger partial charge is 0.319 e. The van der Waals surface area contributed by atoms with Gasteiger partial charge >= 0.3 is 6.03 Å². The van der Waals surface area contributed by atoms with Crippen molar-refractivity contribution in [3.05, 3.63) is 39.3 Å². The molecular weight excluding hydrogens is 380 g/mol. The molecular formula is C20H27ClN4OS. The molecule has 2 N–H and O–H groups in total. The van der Waals surface area contributed by atoms with Crippen molar-refractivity contribution in [3.63, 3.8) is 0 Å². The molecule has 0 unspecified atom stereocenters. The fourth-order valence-electron chi connectivity index (χ4n) is 3.16. The lowest BCUT2D eigenvalue weighted by Crippen LogP contribution is -2.31. The number of hydrogen-bond acceptors (Lipinski definition) is 4. The third-order valence-corrected chi connectivity index (χ3v) is 6.13. The maximum Gasteiger partial charge on any atom is 0.319 e. The zero-order valence-electron chi connectivity index (χ0n) is 15.9. The van der Waals surface area contributed by atoms with Crippen molar-refractivity contribution in [1.29, 1.82) is 0 Å². The van der Waals surface area contributed by atoms with Crippen LogP contribution in [0.2, 0.25) is 5.02 Å². The van der Waals surface area contributed by atoms with E-state index in [1.165, 1.54) is 19.3 Å². The summed E-state index contributed by atoms with van der Waals surface area (Å²) in [6.45, 7) is 6.91. The molecule has 2 amide bonds. The van der Waals surface area contributed by atoms with Crippen molar-refractivity contribution >= 4 is 40.3 Å². The molecule has 0 saturated carbocycles. The van der Waals surface area contributed by atoms with Gasteiger partial charge in [0.1, 0.15) is 0 Å². The zero-order chi connectivity index (χ0) is 19.2. The first-order valence-electron chi connectivity index (χ1n) is 9.56. The van der Waals surface area contributed by atoms with Gasteiger partial charge in [0.25, 0.3) is 0 Å². The van der Waals surface area contributed by atoms with Crippen LogP contribution in [-0.4, -0.2) is 30.6 Å². The Morgan fingerprint density at radius 2 is 2.07 bits per heavy atom. The number of hydrogen-bond donors (Lipinski definition) is 2. The van der Waals surface area contributed by atoms with E-state index in [-0.39, 0.29) is 6.03 Å². The van der Waals surface area contributed by atoms with Crippen LogP contribution in [0.15, 0.2) is 23.6 Å². The number of thiazole rings is 1. The highest BCUT2D eigenvalue weighted by molar-refractivity contribution is 7.09. The van der Waals surface area contributed by atoms with E-state index in [0.717, 1.165) is 35.9 Å². The second kappa shape index (κ2) is 9.42. The molecule has 27 heavy (non-hydrogen) atoms. The van der Waals surface area contributed by atoms with Gasteiger partial charge in [-0.1, -0.05) is 25.4 Å². The average Bonchev–Trinajstić information content (AvgIpc) is 3.12. The second-order valence-electron chi connectivity index (χ2n) is 7.18. The van der Waals surface area contributed by atoms with E-state index in [1.807, 2.05) is 18.2 Å². The molecule has 0 atom stereocenters. The minimum absolute atomic E-state index is 0.226. The summed E-state index contributed by atoms with van der Waals surface area (Å²) in [5, 5.41) is 9.61. The van der Waals surface area contributed by atoms with Crippen LogP contribution < -0.4 is 15.5 Å². The van der Waals surface area contributed by atoms with E-state index in [4.69, 9.17) is 11.6 Å². The Balaban J connectivity index is 1.47. The third-order valence-electron chi connectivity index (χ3n) is 4.63. The Morgan fingerprint density at radius 1 is 1.30 bits per heavy atom. The fraction of sp³-hybridized carbons (Fsp3) is 0.500. The van der Waals surface area contributed by atoms with Crippen LogP contribution >= 0.6 is 22.9 Å². The van der Waals surface area contributed by atoms with E-state index in [1.54, 1.807) is 11.3 Å². The number of nitrogens with one attached hydrogen (secondary N) is 2. The van der Waals surface area contributed by atoms with Crippen molar-refractivity contribution in [3.8, 4) is 0 Å². The summed E-state index contributed by atoms with van der Waals surface area (Å²) in [6, 6.07) is 5.49. The quantitative estimate of drug-likeness (QED) is 0.686. The van der Waals surface area contributed by atoms with Gasteiger partial charge in [-0.2, -0.15) is 0 Å². The summed E-state index contributed by atoms with van der Waals surface area (Å²) in [7, 11) is 0. The molecule has 1 fully saturated rings. The maximum absolute atomic E-state index is 12.1. The number of aromatic nitrogens is 1. The Hall–Kier alpha value is -1.79. The lowest BCUT2D eigenvalue weighted by molar-refractivity contribution is 0.252. The maximum atomic E-state index is 12.1. The lowest BCUT2D eigenvalue weighted by atomic mass is 10.1. The molecule has 0 spiro atoms. The highest BCUT2D eigenvalue weighted by Crippen LogP contribution is 2.30. The second-order valence-corrected chi connectivity index (χ2v) is 8.47. The summed E-state index contributed by atoms with van der Waals surface area (Å²) >= 11 is 8.11. The molecule has 2 aromatic rings. The van der Waals surface area contributed by atoms with Crippen LogP contribution in [-0.2, 0) is 6.42 Å². The van der Waals surface area contributed by atoms with E-state index in [9.17, 15) is 4.79 Å². The molecule has 2 heterocycles. The van der Waals surface area contributed by atoms with E-state index < -0.39 is 0 Å². The highest BCUT2D eigenvalue weighted by Gasteiger charge is 2.14. The highest BCUT2D eigenvalue weighted by atomic mass is 35.5. The first-order valence-corrected chi connectivity index (χ1v) is 10.8. The van der Waals surface area contributed by atoms with Crippen LogP contribution in [0.25, 0.3) is 0 Å². The van der Waals surface area contributed by atoms with E-state index >= 15 is 0 Å². The number of benzene rings is 1. The largest absolute Gasteiger partial charge is 0.370 e. The Kier molecular flexibility index (Phi) is 6.96. The molecule has 1 aromatic carbocycles. The molecule has 0 bridgehead atoms. The molecule has 1 saturated heterocycles. The SMILES string of the molecule is CC(C)c1nc(CCNC(=O)Nc2ccc(N3CCCCC3)c(Cl)c2)cs1. The molecule has 146 valence electrons. The van der Waals surface area contributed by atoms with Crippen LogP contribution in [0.4, 0.5) is 16.2 Å². The van der Waals surface area contributed by atoms with Gasteiger partial charge in [0, 0.05) is 43.0 Å². The molecule has 7 heteroatoms. The van der Waals surface area contributed by atoms with Crippen molar-refractivity contribution in [2.75, 3.05) is 29.9 Å². The first kappa shape index (κ1) is 20.0. The predicted molar refractivity (Wildman–Crippen MR) is 114 cm³/mol. The number of anilines is 2. The minimum atomic E-state index is -0.226. The fourth-order valence-corrected chi connectivity index (χ4v) is 4.33. The Bertz CT molecular complexity index is 771. The molecule has 0 aliphatic carbocycles. The average molecular weight is 407 g/mol. The topological polar surface area (TPSA) is 57.3 Å². The normalized spacial score (nSPS) is 14.4. The molecule has 5 nitrogen and oxygen atoms in total. The van der Waals surface area contributed by atoms with E-state index in [0.29, 0.717) is 23.2 Å². The van der Waals surface area contributed by atoms with Gasteiger partial charge in [0.05, 0.1) is 21.4 Å². The van der Waals surface area contributed by atoms with Gasteiger partial charge in [0.15, 0.2) is 0 Å². The van der Waals surface area contributed by atoms with Gasteiger partial charge in [-0.15, -0.1) is 11.3 Å². The van der Waals surface area contributed by atoms with Crippen molar-refractivity contribution in [2.45, 2.75) is 45.4 Å². The minimum Gasteiger partial charge on any atom is -0.370 e. The number of halogens is 1. The monoisotopic (exact) mass is 406 g/mol. The van der Waals surface area contributed by atoms with Crippen LogP contribution in [0.1, 0.15) is 49.7 Å². The predicted octanol–water partition coefficient (Wildman–Crippen LogP) is 5.27. The van der Waals surface area contributed by atoms with E-state index in [2.05, 4.69) is 39.7 Å². The first-order chi connectivity index (χ1) is 13.0. The molecule has 1 aliphatic rings. The third kappa shape index (κ3) is 5.59. The number of carbonyl (C=O) groups excluding carboxylic acids is 1. The zero-order valence-corrected chi connectivity index (χ0v) is 17.5. The van der Waals surface area contributed by atoms with Crippen molar-refractivity contribution in [1.82, 2.24) is 10.3 Å². The summed E-state index contributed by atoms with van der Waals surface area (Å²) in [5.41, 5.74) is 2.78. The number of piperidine rings is 1. The summed E-state index contributed by atoms with van der Waals surface area (Å²) in [5.74, 6) is 0.442. The molecule has 0 radical (unpaired) electrons. The number of amides is 2. The summed E-state index contributed by atoms with van der Waals surface area (Å²) in [6.07, 6.45) is 4.42.